The number of nitrogens with zero attached hydrogens (tertiary/aromatic N) is 1. The number of hydrogen-bond acceptors (Lipinski definition) is 3. The van der Waals surface area contributed by atoms with Crippen molar-refractivity contribution in [2.24, 2.45) is 5.92 Å². The molecule has 1 aliphatic rings. The van der Waals surface area contributed by atoms with Gasteiger partial charge in [0, 0.05) is 24.2 Å². The minimum atomic E-state index is -0.778. The van der Waals surface area contributed by atoms with Gasteiger partial charge in [0.25, 0.3) is 5.91 Å². The van der Waals surface area contributed by atoms with Crippen LogP contribution in [0.4, 0.5) is 4.39 Å². The summed E-state index contributed by atoms with van der Waals surface area (Å²) in [5.74, 6) is -0.974. The lowest BCUT2D eigenvalue weighted by atomic mass is 9.86. The minimum absolute atomic E-state index is 0.0872. The Morgan fingerprint density at radius 3 is 2.46 bits per heavy atom. The number of benzene rings is 3. The molecule has 2 N–H and O–H groups in total. The standard InChI is InChI=1S/C30H29FN2O4/c1-37-24-4-2-3-22(17-24)20-7-5-19(6-8-20)18-33-16-15-25-27(31)14-13-26(28(25)33)29(34)32-23-11-9-21(10-12-23)30(35)36/h2-8,13-17,21,23H,9-12,18H2,1H3,(H,32,34)(H,35,36). The zero-order valence-electron chi connectivity index (χ0n) is 20.6. The molecule has 1 saturated carbocycles. The van der Waals surface area contributed by atoms with Crippen molar-refractivity contribution >= 4 is 22.8 Å². The quantitative estimate of drug-likeness (QED) is 0.332. The summed E-state index contributed by atoms with van der Waals surface area (Å²) in [6.07, 6.45) is 4.13. The van der Waals surface area contributed by atoms with Gasteiger partial charge in [-0.05, 0) is 72.7 Å². The molecular formula is C30H29FN2O4. The second kappa shape index (κ2) is 10.5. The van der Waals surface area contributed by atoms with E-state index < -0.39 is 5.97 Å². The van der Waals surface area contributed by atoms with Gasteiger partial charge in [-0.2, -0.15) is 0 Å². The van der Waals surface area contributed by atoms with Crippen LogP contribution in [-0.4, -0.2) is 34.7 Å². The van der Waals surface area contributed by atoms with E-state index in [2.05, 4.69) is 5.32 Å². The van der Waals surface area contributed by atoms with Crippen LogP contribution in [0, 0.1) is 11.7 Å². The number of carboxylic acid groups (broad SMARTS) is 1. The molecule has 7 heteroatoms. The first kappa shape index (κ1) is 24.6. The number of fused-ring (bicyclic) bond motifs is 1. The first-order chi connectivity index (χ1) is 17.9. The number of carbonyl (C=O) groups excluding carboxylic acids is 1. The van der Waals surface area contributed by atoms with Crippen LogP contribution in [-0.2, 0) is 11.3 Å². The Labute approximate surface area is 214 Å². The highest BCUT2D eigenvalue weighted by molar-refractivity contribution is 6.06. The smallest absolute Gasteiger partial charge is 0.306 e. The number of aliphatic carboxylic acids is 1. The Balaban J connectivity index is 1.36. The molecule has 5 rings (SSSR count). The molecule has 1 fully saturated rings. The monoisotopic (exact) mass is 500 g/mol. The Morgan fingerprint density at radius 1 is 1.00 bits per heavy atom. The van der Waals surface area contributed by atoms with Crippen molar-refractivity contribution < 1.29 is 23.8 Å². The van der Waals surface area contributed by atoms with Crippen molar-refractivity contribution in [3.8, 4) is 16.9 Å². The third-order valence-corrected chi connectivity index (χ3v) is 7.24. The van der Waals surface area contributed by atoms with Gasteiger partial charge < -0.3 is 19.7 Å². The molecule has 4 aromatic rings. The number of methoxy groups -OCH3 is 1. The number of rotatable bonds is 7. The lowest BCUT2D eigenvalue weighted by Crippen LogP contribution is -2.38. The molecule has 0 radical (unpaired) electrons. The maximum Gasteiger partial charge on any atom is 0.306 e. The molecule has 190 valence electrons. The highest BCUT2D eigenvalue weighted by Gasteiger charge is 2.27. The average Bonchev–Trinajstić information content (AvgIpc) is 3.34. The number of ether oxygens (including phenoxy) is 1. The van der Waals surface area contributed by atoms with Gasteiger partial charge in [-0.15, -0.1) is 0 Å². The zero-order chi connectivity index (χ0) is 25.9. The Morgan fingerprint density at radius 2 is 1.76 bits per heavy atom. The van der Waals surface area contributed by atoms with E-state index in [4.69, 9.17) is 4.74 Å². The van der Waals surface area contributed by atoms with E-state index in [1.165, 1.54) is 12.1 Å². The first-order valence-electron chi connectivity index (χ1n) is 12.5. The van der Waals surface area contributed by atoms with Gasteiger partial charge in [-0.3, -0.25) is 9.59 Å². The van der Waals surface area contributed by atoms with Crippen LogP contribution in [0.1, 0.15) is 41.6 Å². The third-order valence-electron chi connectivity index (χ3n) is 7.24. The summed E-state index contributed by atoms with van der Waals surface area (Å²) < 4.78 is 21.9. The SMILES string of the molecule is COc1cccc(-c2ccc(Cn3ccc4c(F)ccc(C(=O)NC5CCC(C(=O)O)CC5)c43)cc2)c1. The molecule has 0 saturated heterocycles. The van der Waals surface area contributed by atoms with Crippen LogP contribution in [0.15, 0.2) is 72.9 Å². The van der Waals surface area contributed by atoms with Crippen LogP contribution < -0.4 is 10.1 Å². The van der Waals surface area contributed by atoms with Crippen LogP contribution in [0.2, 0.25) is 0 Å². The summed E-state index contributed by atoms with van der Waals surface area (Å²) in [7, 11) is 1.64. The van der Waals surface area contributed by atoms with Gasteiger partial charge in [-0.1, -0.05) is 36.4 Å². The molecule has 1 aliphatic carbocycles. The second-order valence-corrected chi connectivity index (χ2v) is 9.59. The zero-order valence-corrected chi connectivity index (χ0v) is 20.6. The number of halogens is 1. The summed E-state index contributed by atoms with van der Waals surface area (Å²) in [5.41, 5.74) is 4.09. The van der Waals surface area contributed by atoms with Gasteiger partial charge in [-0.25, -0.2) is 4.39 Å². The molecule has 6 nitrogen and oxygen atoms in total. The number of carboxylic acids is 1. The highest BCUT2D eigenvalue weighted by Crippen LogP contribution is 2.28. The Kier molecular flexibility index (Phi) is 6.95. The molecule has 1 aromatic heterocycles. The summed E-state index contributed by atoms with van der Waals surface area (Å²) in [5, 5.41) is 12.7. The van der Waals surface area contributed by atoms with Crippen LogP contribution >= 0.6 is 0 Å². The highest BCUT2D eigenvalue weighted by atomic mass is 19.1. The maximum atomic E-state index is 14.7. The molecule has 0 spiro atoms. The van der Waals surface area contributed by atoms with Crippen molar-refractivity contribution in [3.05, 3.63) is 89.9 Å². The Hall–Kier alpha value is -4.13. The van der Waals surface area contributed by atoms with E-state index in [0.717, 1.165) is 22.4 Å². The number of hydrogen-bond donors (Lipinski definition) is 2. The maximum absolute atomic E-state index is 14.7. The van der Waals surface area contributed by atoms with E-state index in [0.29, 0.717) is 48.7 Å². The predicted molar refractivity (Wildman–Crippen MR) is 140 cm³/mol. The van der Waals surface area contributed by atoms with E-state index >= 15 is 0 Å². The lowest BCUT2D eigenvalue weighted by Gasteiger charge is -2.27. The van der Waals surface area contributed by atoms with Gasteiger partial charge in [0.05, 0.1) is 24.1 Å². The van der Waals surface area contributed by atoms with Crippen LogP contribution in [0.3, 0.4) is 0 Å². The van der Waals surface area contributed by atoms with E-state index in [9.17, 15) is 19.1 Å². The van der Waals surface area contributed by atoms with E-state index in [-0.39, 0.29) is 23.7 Å². The summed E-state index contributed by atoms with van der Waals surface area (Å²) in [4.78, 5) is 24.5. The Bertz CT molecular complexity index is 1440. The van der Waals surface area contributed by atoms with Gasteiger partial charge >= 0.3 is 5.97 Å². The largest absolute Gasteiger partial charge is 0.497 e. The van der Waals surface area contributed by atoms with Crippen LogP contribution in [0.5, 0.6) is 5.75 Å². The van der Waals surface area contributed by atoms with Gasteiger partial charge in [0.1, 0.15) is 11.6 Å². The summed E-state index contributed by atoms with van der Waals surface area (Å²) >= 11 is 0. The first-order valence-corrected chi connectivity index (χ1v) is 12.5. The fraction of sp³-hybridized carbons (Fsp3) is 0.267. The van der Waals surface area contributed by atoms with Crippen molar-refractivity contribution in [2.45, 2.75) is 38.3 Å². The molecule has 0 bridgehead atoms. The molecule has 1 heterocycles. The fourth-order valence-electron chi connectivity index (χ4n) is 5.16. The molecule has 3 aromatic carbocycles. The molecule has 0 atom stereocenters. The number of nitrogens with one attached hydrogen (secondary N) is 1. The molecule has 0 aliphatic heterocycles. The van der Waals surface area contributed by atoms with Crippen molar-refractivity contribution in [1.29, 1.82) is 0 Å². The van der Waals surface area contributed by atoms with Crippen molar-refractivity contribution in [1.82, 2.24) is 9.88 Å². The molecular weight excluding hydrogens is 471 g/mol. The normalized spacial score (nSPS) is 17.5. The second-order valence-electron chi connectivity index (χ2n) is 9.59. The molecule has 0 unspecified atom stereocenters. The average molecular weight is 501 g/mol. The van der Waals surface area contributed by atoms with Crippen molar-refractivity contribution in [2.75, 3.05) is 7.11 Å². The van der Waals surface area contributed by atoms with E-state index in [1.807, 2.05) is 53.1 Å². The van der Waals surface area contributed by atoms with E-state index in [1.54, 1.807) is 19.4 Å². The topological polar surface area (TPSA) is 80.6 Å². The van der Waals surface area contributed by atoms with Crippen LogP contribution in [0.25, 0.3) is 22.0 Å². The number of carbonyl (C=O) groups is 2. The number of amides is 1. The third kappa shape index (κ3) is 5.21. The summed E-state index contributed by atoms with van der Waals surface area (Å²) in [6, 6.07) is 20.5. The minimum Gasteiger partial charge on any atom is -0.497 e. The molecule has 1 amide bonds. The fourth-order valence-corrected chi connectivity index (χ4v) is 5.16. The lowest BCUT2D eigenvalue weighted by molar-refractivity contribution is -0.142. The van der Waals surface area contributed by atoms with Gasteiger partial charge in [0.2, 0.25) is 0 Å². The summed E-state index contributed by atoms with van der Waals surface area (Å²) in [6.45, 7) is 0.481. The number of aromatic nitrogens is 1. The van der Waals surface area contributed by atoms with Crippen molar-refractivity contribution in [3.63, 3.8) is 0 Å². The van der Waals surface area contributed by atoms with Gasteiger partial charge in [0.15, 0.2) is 0 Å². The predicted octanol–water partition coefficient (Wildman–Crippen LogP) is 5.88. The molecule has 37 heavy (non-hydrogen) atoms.